The standard InChI is InChI=1S/C14H21N3O3/c1-19-13-4-3-12(11-16-13)14(18)15-5-2-6-17-7-9-20-10-8-17/h3-4,11H,2,5-10H2,1H3,(H,15,18). The van der Waals surface area contributed by atoms with Crippen LogP contribution in [0.25, 0.3) is 0 Å². The summed E-state index contributed by atoms with van der Waals surface area (Å²) in [4.78, 5) is 18.2. The van der Waals surface area contributed by atoms with Crippen molar-refractivity contribution in [3.8, 4) is 5.88 Å². The monoisotopic (exact) mass is 279 g/mol. The Hall–Kier alpha value is -1.66. The second-order valence-electron chi connectivity index (χ2n) is 4.65. The van der Waals surface area contributed by atoms with Crippen molar-refractivity contribution >= 4 is 5.91 Å². The summed E-state index contributed by atoms with van der Waals surface area (Å²) in [6.45, 7) is 5.24. The van der Waals surface area contributed by atoms with E-state index < -0.39 is 0 Å². The van der Waals surface area contributed by atoms with E-state index in [1.165, 1.54) is 6.20 Å². The summed E-state index contributed by atoms with van der Waals surface area (Å²) in [6.07, 6.45) is 2.46. The van der Waals surface area contributed by atoms with E-state index in [2.05, 4.69) is 15.2 Å². The summed E-state index contributed by atoms with van der Waals surface area (Å²) >= 11 is 0. The highest BCUT2D eigenvalue weighted by Crippen LogP contribution is 2.06. The van der Waals surface area contributed by atoms with Gasteiger partial charge in [-0.05, 0) is 19.0 Å². The molecule has 1 saturated heterocycles. The molecule has 0 aliphatic carbocycles. The number of morpholine rings is 1. The Balaban J connectivity index is 1.66. The molecule has 0 aromatic carbocycles. The summed E-state index contributed by atoms with van der Waals surface area (Å²) in [5.74, 6) is 0.413. The SMILES string of the molecule is COc1ccc(C(=O)NCCCN2CCOCC2)cn1. The molecule has 1 aromatic rings. The molecule has 1 aliphatic heterocycles. The van der Waals surface area contributed by atoms with Crippen molar-refractivity contribution in [2.24, 2.45) is 0 Å². The molecule has 6 heteroatoms. The second kappa shape index (κ2) is 7.81. The van der Waals surface area contributed by atoms with Crippen molar-refractivity contribution in [3.05, 3.63) is 23.9 Å². The number of methoxy groups -OCH3 is 1. The number of rotatable bonds is 6. The highest BCUT2D eigenvalue weighted by molar-refractivity contribution is 5.93. The number of hydrogen-bond donors (Lipinski definition) is 1. The van der Waals surface area contributed by atoms with Crippen molar-refractivity contribution in [2.75, 3.05) is 46.5 Å². The van der Waals surface area contributed by atoms with Crippen LogP contribution in [0, 0.1) is 0 Å². The molecule has 6 nitrogen and oxygen atoms in total. The third-order valence-corrected chi connectivity index (χ3v) is 3.25. The summed E-state index contributed by atoms with van der Waals surface area (Å²) in [7, 11) is 1.55. The lowest BCUT2D eigenvalue weighted by Crippen LogP contribution is -2.38. The number of nitrogens with zero attached hydrogens (tertiary/aromatic N) is 2. The number of pyridine rings is 1. The first kappa shape index (κ1) is 14.7. The van der Waals surface area contributed by atoms with Gasteiger partial charge in [0.15, 0.2) is 0 Å². The van der Waals surface area contributed by atoms with Crippen LogP contribution >= 0.6 is 0 Å². The maximum absolute atomic E-state index is 11.9. The minimum absolute atomic E-state index is 0.0952. The molecule has 0 unspecified atom stereocenters. The first-order valence-corrected chi connectivity index (χ1v) is 6.88. The average Bonchev–Trinajstić information content (AvgIpc) is 2.52. The average molecular weight is 279 g/mol. The number of hydrogen-bond acceptors (Lipinski definition) is 5. The molecule has 2 rings (SSSR count). The Morgan fingerprint density at radius 2 is 2.25 bits per heavy atom. The van der Waals surface area contributed by atoms with Crippen molar-refractivity contribution in [1.29, 1.82) is 0 Å². The van der Waals surface area contributed by atoms with Gasteiger partial charge in [-0.3, -0.25) is 9.69 Å². The largest absolute Gasteiger partial charge is 0.481 e. The van der Waals surface area contributed by atoms with Crippen molar-refractivity contribution in [1.82, 2.24) is 15.2 Å². The van der Waals surface area contributed by atoms with Crippen LogP contribution in [0.4, 0.5) is 0 Å². The Kier molecular flexibility index (Phi) is 5.76. The Labute approximate surface area is 119 Å². The van der Waals surface area contributed by atoms with Gasteiger partial charge in [0.25, 0.3) is 5.91 Å². The van der Waals surface area contributed by atoms with Gasteiger partial charge in [0, 0.05) is 31.9 Å². The zero-order chi connectivity index (χ0) is 14.2. The minimum atomic E-state index is -0.0952. The van der Waals surface area contributed by atoms with Crippen molar-refractivity contribution in [3.63, 3.8) is 0 Å². The number of amides is 1. The van der Waals surface area contributed by atoms with E-state index in [-0.39, 0.29) is 5.91 Å². The van der Waals surface area contributed by atoms with Gasteiger partial charge < -0.3 is 14.8 Å². The van der Waals surface area contributed by atoms with Crippen molar-refractivity contribution < 1.29 is 14.3 Å². The molecule has 0 bridgehead atoms. The van der Waals surface area contributed by atoms with Crippen LogP contribution in [0.5, 0.6) is 5.88 Å². The first-order chi connectivity index (χ1) is 9.79. The lowest BCUT2D eigenvalue weighted by atomic mass is 10.2. The second-order valence-corrected chi connectivity index (χ2v) is 4.65. The fraction of sp³-hybridized carbons (Fsp3) is 0.571. The first-order valence-electron chi connectivity index (χ1n) is 6.88. The van der Waals surface area contributed by atoms with E-state index in [0.717, 1.165) is 39.3 Å². The summed E-state index contributed by atoms with van der Waals surface area (Å²) < 4.78 is 10.2. The fourth-order valence-electron chi connectivity index (χ4n) is 2.07. The van der Waals surface area contributed by atoms with Gasteiger partial charge >= 0.3 is 0 Å². The van der Waals surface area contributed by atoms with Crippen LogP contribution in [-0.2, 0) is 4.74 Å². The maximum atomic E-state index is 11.9. The maximum Gasteiger partial charge on any atom is 0.252 e. The summed E-state index contributed by atoms with van der Waals surface area (Å²) in [5.41, 5.74) is 0.553. The lowest BCUT2D eigenvalue weighted by molar-refractivity contribution is 0.0374. The van der Waals surface area contributed by atoms with E-state index in [1.54, 1.807) is 19.2 Å². The normalized spacial score (nSPS) is 15.8. The molecule has 0 atom stereocenters. The highest BCUT2D eigenvalue weighted by atomic mass is 16.5. The van der Waals surface area contributed by atoms with Gasteiger partial charge in [-0.2, -0.15) is 0 Å². The van der Waals surface area contributed by atoms with Gasteiger partial charge in [-0.25, -0.2) is 4.98 Å². The smallest absolute Gasteiger partial charge is 0.252 e. The molecule has 110 valence electrons. The molecular weight excluding hydrogens is 258 g/mol. The van der Waals surface area contributed by atoms with Gasteiger partial charge in [0.2, 0.25) is 5.88 Å². The molecule has 20 heavy (non-hydrogen) atoms. The molecule has 0 saturated carbocycles. The van der Waals surface area contributed by atoms with E-state index in [9.17, 15) is 4.79 Å². The van der Waals surface area contributed by atoms with Gasteiger partial charge in [0.05, 0.1) is 25.9 Å². The van der Waals surface area contributed by atoms with Crippen LogP contribution in [0.1, 0.15) is 16.8 Å². The molecule has 1 aromatic heterocycles. The summed E-state index contributed by atoms with van der Waals surface area (Å²) in [6, 6.07) is 3.39. The quantitative estimate of drug-likeness (QED) is 0.770. The number of carbonyl (C=O) groups is 1. The number of nitrogens with one attached hydrogen (secondary N) is 1. The van der Waals surface area contributed by atoms with E-state index in [1.807, 2.05) is 0 Å². The van der Waals surface area contributed by atoms with E-state index in [4.69, 9.17) is 9.47 Å². The van der Waals surface area contributed by atoms with Crippen molar-refractivity contribution in [2.45, 2.75) is 6.42 Å². The molecule has 2 heterocycles. The van der Waals surface area contributed by atoms with Gasteiger partial charge in [-0.1, -0.05) is 0 Å². The molecule has 0 radical (unpaired) electrons. The predicted octanol–water partition coefficient (Wildman–Crippen LogP) is 0.542. The topological polar surface area (TPSA) is 63.7 Å². The number of ether oxygens (including phenoxy) is 2. The molecule has 1 N–H and O–H groups in total. The highest BCUT2D eigenvalue weighted by Gasteiger charge is 2.10. The fourth-order valence-corrected chi connectivity index (χ4v) is 2.07. The van der Waals surface area contributed by atoms with Crippen LogP contribution in [-0.4, -0.2) is 62.3 Å². The number of aromatic nitrogens is 1. The van der Waals surface area contributed by atoms with Gasteiger partial charge in [0.1, 0.15) is 0 Å². The Morgan fingerprint density at radius 1 is 1.45 bits per heavy atom. The predicted molar refractivity (Wildman–Crippen MR) is 75.0 cm³/mol. The number of carbonyl (C=O) groups excluding carboxylic acids is 1. The van der Waals surface area contributed by atoms with Crippen LogP contribution < -0.4 is 10.1 Å². The van der Waals surface area contributed by atoms with Crippen LogP contribution in [0.2, 0.25) is 0 Å². The Bertz CT molecular complexity index is 416. The third-order valence-electron chi connectivity index (χ3n) is 3.25. The molecule has 1 aliphatic rings. The molecular formula is C14H21N3O3. The van der Waals surface area contributed by atoms with Gasteiger partial charge in [-0.15, -0.1) is 0 Å². The molecule has 1 fully saturated rings. The lowest BCUT2D eigenvalue weighted by Gasteiger charge is -2.26. The molecule has 1 amide bonds. The zero-order valence-electron chi connectivity index (χ0n) is 11.8. The van der Waals surface area contributed by atoms with E-state index in [0.29, 0.717) is 18.0 Å². The zero-order valence-corrected chi connectivity index (χ0v) is 11.8. The Morgan fingerprint density at radius 3 is 2.90 bits per heavy atom. The minimum Gasteiger partial charge on any atom is -0.481 e. The van der Waals surface area contributed by atoms with Crippen LogP contribution in [0.15, 0.2) is 18.3 Å². The van der Waals surface area contributed by atoms with Crippen LogP contribution in [0.3, 0.4) is 0 Å². The molecule has 0 spiro atoms. The third kappa shape index (κ3) is 4.47. The van der Waals surface area contributed by atoms with E-state index >= 15 is 0 Å². The summed E-state index contributed by atoms with van der Waals surface area (Å²) in [5, 5.41) is 2.90.